The summed E-state index contributed by atoms with van der Waals surface area (Å²) in [5.41, 5.74) is 3.96. The van der Waals surface area contributed by atoms with E-state index in [9.17, 15) is 8.78 Å². The van der Waals surface area contributed by atoms with E-state index in [0.29, 0.717) is 10.6 Å². The summed E-state index contributed by atoms with van der Waals surface area (Å²) in [7, 11) is 0. The Hall–Kier alpha value is -2.14. The third-order valence-electron chi connectivity index (χ3n) is 2.38. The molecule has 0 heterocycles. The molecule has 0 saturated carbocycles. The van der Waals surface area contributed by atoms with Crippen LogP contribution in [-0.4, -0.2) is 12.8 Å². The molecule has 0 aliphatic rings. The highest BCUT2D eigenvalue weighted by Crippen LogP contribution is 2.18. The summed E-state index contributed by atoms with van der Waals surface area (Å²) in [5.74, 6) is 0.0733. The summed E-state index contributed by atoms with van der Waals surface area (Å²) in [5, 5.41) is 4.59. The zero-order valence-electron chi connectivity index (χ0n) is 10.3. The molecule has 3 nitrogen and oxygen atoms in total. The van der Waals surface area contributed by atoms with Gasteiger partial charge in [-0.1, -0.05) is 23.7 Å². The molecule has 0 aromatic heterocycles. The van der Waals surface area contributed by atoms with Gasteiger partial charge in [0.25, 0.3) is 0 Å². The first-order valence-electron chi connectivity index (χ1n) is 5.73. The van der Waals surface area contributed by atoms with Gasteiger partial charge in [0.2, 0.25) is 0 Å². The van der Waals surface area contributed by atoms with Gasteiger partial charge in [0.1, 0.15) is 5.75 Å². The van der Waals surface area contributed by atoms with Gasteiger partial charge in [-0.15, -0.1) is 0 Å². The number of nitrogens with one attached hydrogen (secondary N) is 1. The lowest BCUT2D eigenvalue weighted by Crippen LogP contribution is -2.04. The number of hydrazone groups is 1. The molecule has 2 aromatic carbocycles. The van der Waals surface area contributed by atoms with E-state index in [1.165, 1.54) is 12.3 Å². The molecule has 2 rings (SSSR count). The lowest BCUT2D eigenvalue weighted by atomic mass is 10.2. The molecule has 0 aliphatic heterocycles. The first kappa shape index (κ1) is 14.3. The summed E-state index contributed by atoms with van der Waals surface area (Å²) >= 11 is 5.76. The number of rotatable bonds is 5. The fourth-order valence-corrected chi connectivity index (χ4v) is 1.62. The van der Waals surface area contributed by atoms with Crippen molar-refractivity contribution >= 4 is 23.5 Å². The second-order valence-electron chi connectivity index (χ2n) is 3.79. The highest BCUT2D eigenvalue weighted by molar-refractivity contribution is 6.30. The largest absolute Gasteiger partial charge is 0.434 e. The number of nitrogens with zero attached hydrogens (tertiary/aromatic N) is 1. The second-order valence-corrected chi connectivity index (χ2v) is 4.23. The summed E-state index contributed by atoms with van der Waals surface area (Å²) in [6.07, 6.45) is 1.41. The average Bonchev–Trinajstić information content (AvgIpc) is 2.42. The van der Waals surface area contributed by atoms with Crippen molar-refractivity contribution in [2.75, 3.05) is 5.43 Å². The molecule has 0 atom stereocenters. The number of benzene rings is 2. The highest BCUT2D eigenvalue weighted by Gasteiger charge is 2.07. The molecule has 6 heteroatoms. The fraction of sp³-hybridized carbons (Fsp3) is 0.0714. The van der Waals surface area contributed by atoms with Gasteiger partial charge in [0.15, 0.2) is 0 Å². The molecule has 0 unspecified atom stereocenters. The van der Waals surface area contributed by atoms with Crippen LogP contribution >= 0.6 is 11.6 Å². The zero-order chi connectivity index (χ0) is 14.4. The predicted octanol–water partition coefficient (Wildman–Crippen LogP) is 4.39. The van der Waals surface area contributed by atoms with E-state index < -0.39 is 6.61 Å². The van der Waals surface area contributed by atoms with E-state index in [1.54, 1.807) is 42.5 Å². The summed E-state index contributed by atoms with van der Waals surface area (Å²) in [6.45, 7) is -2.87. The van der Waals surface area contributed by atoms with Crippen LogP contribution in [0.1, 0.15) is 5.56 Å². The number of ether oxygens (including phenoxy) is 1. The molecular weight excluding hydrogens is 286 g/mol. The van der Waals surface area contributed by atoms with Crippen LogP contribution in [0.3, 0.4) is 0 Å². The standard InChI is InChI=1S/C14H11ClF2N2O/c15-11-5-7-12(8-6-11)19-18-9-10-3-1-2-4-13(10)20-14(16)17/h1-9,14,19H/b18-9+. The molecule has 20 heavy (non-hydrogen) atoms. The minimum Gasteiger partial charge on any atom is -0.434 e. The predicted molar refractivity (Wildman–Crippen MR) is 75.7 cm³/mol. The maximum atomic E-state index is 12.2. The molecule has 0 spiro atoms. The van der Waals surface area contributed by atoms with Gasteiger partial charge in [0.05, 0.1) is 11.9 Å². The zero-order valence-corrected chi connectivity index (χ0v) is 11.0. The van der Waals surface area contributed by atoms with Crippen LogP contribution in [0.25, 0.3) is 0 Å². The van der Waals surface area contributed by atoms with Gasteiger partial charge in [-0.2, -0.15) is 13.9 Å². The Labute approximate surface area is 119 Å². The van der Waals surface area contributed by atoms with E-state index in [4.69, 9.17) is 11.6 Å². The number of para-hydroxylation sites is 1. The summed E-state index contributed by atoms with van der Waals surface area (Å²) < 4.78 is 28.9. The first-order valence-corrected chi connectivity index (χ1v) is 6.11. The molecule has 0 fully saturated rings. The van der Waals surface area contributed by atoms with Crippen LogP contribution in [0, 0.1) is 0 Å². The number of hydrogen-bond donors (Lipinski definition) is 1. The third kappa shape index (κ3) is 4.20. The van der Waals surface area contributed by atoms with Crippen molar-refractivity contribution < 1.29 is 13.5 Å². The molecule has 104 valence electrons. The topological polar surface area (TPSA) is 33.6 Å². The fourth-order valence-electron chi connectivity index (χ4n) is 1.49. The highest BCUT2D eigenvalue weighted by atomic mass is 35.5. The average molecular weight is 297 g/mol. The molecular formula is C14H11ClF2N2O. The smallest absolute Gasteiger partial charge is 0.387 e. The number of hydrogen-bond acceptors (Lipinski definition) is 3. The van der Waals surface area contributed by atoms with Crippen molar-refractivity contribution in [3.05, 3.63) is 59.1 Å². The minimum absolute atomic E-state index is 0.0733. The molecule has 0 bridgehead atoms. The lowest BCUT2D eigenvalue weighted by molar-refractivity contribution is -0.0499. The van der Waals surface area contributed by atoms with Crippen LogP contribution < -0.4 is 10.2 Å². The second kappa shape index (κ2) is 6.86. The minimum atomic E-state index is -2.87. The van der Waals surface area contributed by atoms with E-state index in [1.807, 2.05) is 0 Å². The number of alkyl halides is 2. The van der Waals surface area contributed by atoms with E-state index in [2.05, 4.69) is 15.3 Å². The molecule has 0 radical (unpaired) electrons. The Morgan fingerprint density at radius 1 is 1.10 bits per heavy atom. The van der Waals surface area contributed by atoms with Gasteiger partial charge < -0.3 is 4.74 Å². The first-order chi connectivity index (χ1) is 9.65. The van der Waals surface area contributed by atoms with Crippen LogP contribution in [0.5, 0.6) is 5.75 Å². The molecule has 1 N–H and O–H groups in total. The van der Waals surface area contributed by atoms with E-state index >= 15 is 0 Å². The van der Waals surface area contributed by atoms with Gasteiger partial charge >= 0.3 is 6.61 Å². The number of halogens is 3. The Morgan fingerprint density at radius 3 is 2.50 bits per heavy atom. The van der Waals surface area contributed by atoms with Crippen LogP contribution in [0.15, 0.2) is 53.6 Å². The Kier molecular flexibility index (Phi) is 4.90. The van der Waals surface area contributed by atoms with Crippen molar-refractivity contribution in [3.63, 3.8) is 0 Å². The normalized spacial score (nSPS) is 11.0. The summed E-state index contributed by atoms with van der Waals surface area (Å²) in [6, 6.07) is 13.3. The molecule has 0 saturated heterocycles. The van der Waals surface area contributed by atoms with Crippen LogP contribution in [0.2, 0.25) is 5.02 Å². The lowest BCUT2D eigenvalue weighted by Gasteiger charge is -2.07. The van der Waals surface area contributed by atoms with Crippen molar-refractivity contribution in [2.45, 2.75) is 6.61 Å². The molecule has 2 aromatic rings. The third-order valence-corrected chi connectivity index (χ3v) is 2.63. The van der Waals surface area contributed by atoms with Gasteiger partial charge in [-0.05, 0) is 36.4 Å². The van der Waals surface area contributed by atoms with Gasteiger partial charge in [-0.3, -0.25) is 5.43 Å². The SMILES string of the molecule is FC(F)Oc1ccccc1/C=N/Nc1ccc(Cl)cc1. The van der Waals surface area contributed by atoms with E-state index in [0.717, 1.165) is 5.69 Å². The van der Waals surface area contributed by atoms with E-state index in [-0.39, 0.29) is 5.75 Å². The Bertz CT molecular complexity index is 588. The maximum absolute atomic E-state index is 12.2. The molecule has 0 amide bonds. The van der Waals surface area contributed by atoms with Crippen molar-refractivity contribution in [1.29, 1.82) is 0 Å². The van der Waals surface area contributed by atoms with Gasteiger partial charge in [-0.25, -0.2) is 0 Å². The maximum Gasteiger partial charge on any atom is 0.387 e. The Balaban J connectivity index is 2.05. The van der Waals surface area contributed by atoms with Crippen molar-refractivity contribution in [3.8, 4) is 5.75 Å². The Morgan fingerprint density at radius 2 is 1.80 bits per heavy atom. The molecule has 0 aliphatic carbocycles. The van der Waals surface area contributed by atoms with Crippen LogP contribution in [0.4, 0.5) is 14.5 Å². The summed E-state index contributed by atoms with van der Waals surface area (Å²) in [4.78, 5) is 0. The number of anilines is 1. The quantitative estimate of drug-likeness (QED) is 0.656. The monoisotopic (exact) mass is 296 g/mol. The van der Waals surface area contributed by atoms with Crippen LogP contribution in [-0.2, 0) is 0 Å². The van der Waals surface area contributed by atoms with Gasteiger partial charge in [0, 0.05) is 10.6 Å². The van der Waals surface area contributed by atoms with Crippen molar-refractivity contribution in [1.82, 2.24) is 0 Å². The van der Waals surface area contributed by atoms with Crippen molar-refractivity contribution in [2.24, 2.45) is 5.10 Å².